The van der Waals surface area contributed by atoms with Gasteiger partial charge in [0, 0.05) is 18.8 Å². The van der Waals surface area contributed by atoms with Gasteiger partial charge in [-0.1, -0.05) is 0 Å². The number of nitrogens with one attached hydrogen (secondary N) is 1. The second-order valence-electron chi connectivity index (χ2n) is 4.54. The average Bonchev–Trinajstić information content (AvgIpc) is 2.42. The lowest BCUT2D eigenvalue weighted by Crippen LogP contribution is -2.47. The van der Waals surface area contributed by atoms with Crippen LogP contribution in [0.25, 0.3) is 0 Å². The van der Waals surface area contributed by atoms with E-state index >= 15 is 0 Å². The number of nitrogens with two attached hydrogens (primary N) is 1. The molecule has 1 atom stereocenters. The normalized spacial score (nSPS) is 17.1. The fourth-order valence-corrected chi connectivity index (χ4v) is 2.00. The summed E-state index contributed by atoms with van der Waals surface area (Å²) >= 11 is 0. The molecule has 1 heterocycles. The van der Waals surface area contributed by atoms with Crippen LogP contribution < -0.4 is 11.1 Å². The molecule has 104 valence electrons. The van der Waals surface area contributed by atoms with Gasteiger partial charge in [0.2, 0.25) is 5.91 Å². The van der Waals surface area contributed by atoms with E-state index in [4.69, 9.17) is 10.5 Å². The van der Waals surface area contributed by atoms with Gasteiger partial charge < -0.3 is 20.7 Å². The first-order chi connectivity index (χ1) is 9.08. The highest BCUT2D eigenvalue weighted by atomic mass is 19.1. The van der Waals surface area contributed by atoms with Crippen LogP contribution in [0.2, 0.25) is 0 Å². The number of halogens is 1. The van der Waals surface area contributed by atoms with Gasteiger partial charge in [-0.2, -0.15) is 0 Å². The lowest BCUT2D eigenvalue weighted by Gasteiger charge is -2.29. The van der Waals surface area contributed by atoms with Crippen LogP contribution in [0.4, 0.5) is 15.8 Å². The quantitative estimate of drug-likeness (QED) is 0.804. The molecule has 2 rings (SSSR count). The zero-order valence-corrected chi connectivity index (χ0v) is 10.9. The number of anilines is 2. The maximum absolute atomic E-state index is 13.6. The van der Waals surface area contributed by atoms with Gasteiger partial charge in [-0.05, 0) is 25.1 Å². The lowest BCUT2D eigenvalue weighted by atomic mass is 10.2. The third kappa shape index (κ3) is 3.35. The van der Waals surface area contributed by atoms with Gasteiger partial charge in [-0.15, -0.1) is 0 Å². The Labute approximate surface area is 111 Å². The summed E-state index contributed by atoms with van der Waals surface area (Å²) in [5, 5.41) is 2.87. The Morgan fingerprint density at radius 1 is 1.47 bits per heavy atom. The average molecular weight is 267 g/mol. The number of ether oxygens (including phenoxy) is 1. The third-order valence-corrected chi connectivity index (χ3v) is 3.06. The molecule has 19 heavy (non-hydrogen) atoms. The van der Waals surface area contributed by atoms with Gasteiger partial charge in [-0.25, -0.2) is 4.39 Å². The number of carbonyl (C=O) groups excluding carboxylic acids is 1. The van der Waals surface area contributed by atoms with E-state index in [1.165, 1.54) is 12.1 Å². The van der Waals surface area contributed by atoms with E-state index in [9.17, 15) is 9.18 Å². The molecular weight excluding hydrogens is 249 g/mol. The fraction of sp³-hybridized carbons (Fsp3) is 0.462. The first-order valence-corrected chi connectivity index (χ1v) is 6.26. The Morgan fingerprint density at radius 2 is 2.16 bits per heavy atom. The molecular formula is C13H18FN3O2. The fourth-order valence-electron chi connectivity index (χ4n) is 2.00. The Balaban J connectivity index is 1.99. The molecule has 1 aliphatic heterocycles. The number of rotatable bonds is 3. The summed E-state index contributed by atoms with van der Waals surface area (Å²) in [6.45, 7) is 3.97. The number of morpholine rings is 1. The molecule has 0 aliphatic carbocycles. The highest BCUT2D eigenvalue weighted by Crippen LogP contribution is 2.18. The number of amides is 1. The zero-order valence-electron chi connectivity index (χ0n) is 10.9. The second kappa shape index (κ2) is 5.88. The number of benzene rings is 1. The zero-order chi connectivity index (χ0) is 13.8. The molecule has 1 aromatic rings. The summed E-state index contributed by atoms with van der Waals surface area (Å²) in [5.41, 5.74) is 6.12. The minimum Gasteiger partial charge on any atom is -0.399 e. The maximum atomic E-state index is 13.6. The topological polar surface area (TPSA) is 67.6 Å². The predicted molar refractivity (Wildman–Crippen MR) is 71.3 cm³/mol. The van der Waals surface area contributed by atoms with Crippen LogP contribution in [-0.2, 0) is 9.53 Å². The van der Waals surface area contributed by atoms with Gasteiger partial charge in [0.25, 0.3) is 0 Å². The van der Waals surface area contributed by atoms with E-state index in [1.54, 1.807) is 17.9 Å². The van der Waals surface area contributed by atoms with Gasteiger partial charge >= 0.3 is 0 Å². The SMILES string of the molecule is CC(Nc1ccc(N)cc1F)C(=O)N1CCOCC1. The highest BCUT2D eigenvalue weighted by molar-refractivity contribution is 5.84. The van der Waals surface area contributed by atoms with Gasteiger partial charge in [0.1, 0.15) is 11.9 Å². The van der Waals surface area contributed by atoms with Crippen molar-refractivity contribution in [2.24, 2.45) is 0 Å². The molecule has 0 aromatic heterocycles. The number of hydrogen-bond acceptors (Lipinski definition) is 4. The third-order valence-electron chi connectivity index (χ3n) is 3.06. The molecule has 1 amide bonds. The number of carbonyl (C=O) groups is 1. The Hall–Kier alpha value is -1.82. The van der Waals surface area contributed by atoms with Crippen LogP contribution in [0.5, 0.6) is 0 Å². The number of nitrogen functional groups attached to an aromatic ring is 1. The molecule has 0 radical (unpaired) electrons. The van der Waals surface area contributed by atoms with Crippen LogP contribution in [0.3, 0.4) is 0 Å². The van der Waals surface area contributed by atoms with Crippen LogP contribution >= 0.6 is 0 Å². The molecule has 1 unspecified atom stereocenters. The highest BCUT2D eigenvalue weighted by Gasteiger charge is 2.22. The first kappa shape index (κ1) is 13.6. The minimum absolute atomic E-state index is 0.0560. The summed E-state index contributed by atoms with van der Waals surface area (Å²) in [6.07, 6.45) is 0. The van der Waals surface area contributed by atoms with Crippen molar-refractivity contribution in [3.8, 4) is 0 Å². The summed E-state index contributed by atoms with van der Waals surface area (Å²) in [4.78, 5) is 13.9. The molecule has 1 saturated heterocycles. The van der Waals surface area contributed by atoms with Crippen molar-refractivity contribution < 1.29 is 13.9 Å². The molecule has 1 fully saturated rings. The van der Waals surface area contributed by atoms with E-state index < -0.39 is 11.9 Å². The smallest absolute Gasteiger partial charge is 0.244 e. The summed E-state index contributed by atoms with van der Waals surface area (Å²) < 4.78 is 18.8. The van der Waals surface area contributed by atoms with Crippen molar-refractivity contribution in [3.63, 3.8) is 0 Å². The number of nitrogens with zero attached hydrogens (tertiary/aromatic N) is 1. The first-order valence-electron chi connectivity index (χ1n) is 6.26. The van der Waals surface area contributed by atoms with E-state index in [2.05, 4.69) is 5.32 Å². The van der Waals surface area contributed by atoms with Crippen LogP contribution in [0.15, 0.2) is 18.2 Å². The molecule has 0 bridgehead atoms. The van der Waals surface area contributed by atoms with Gasteiger partial charge in [0.15, 0.2) is 0 Å². The van der Waals surface area contributed by atoms with Crippen molar-refractivity contribution >= 4 is 17.3 Å². The molecule has 0 saturated carbocycles. The van der Waals surface area contributed by atoms with Gasteiger partial charge in [0.05, 0.1) is 18.9 Å². The minimum atomic E-state index is -0.490. The van der Waals surface area contributed by atoms with Crippen LogP contribution in [0.1, 0.15) is 6.92 Å². The van der Waals surface area contributed by atoms with E-state index in [-0.39, 0.29) is 11.6 Å². The Kier molecular flexibility index (Phi) is 4.21. The van der Waals surface area contributed by atoms with E-state index in [0.29, 0.717) is 32.0 Å². The molecule has 1 aliphatic rings. The Bertz CT molecular complexity index is 461. The second-order valence-corrected chi connectivity index (χ2v) is 4.54. The van der Waals surface area contributed by atoms with Crippen molar-refractivity contribution in [1.82, 2.24) is 4.90 Å². The summed E-state index contributed by atoms with van der Waals surface area (Å²) in [7, 11) is 0. The van der Waals surface area contributed by atoms with Crippen molar-refractivity contribution in [3.05, 3.63) is 24.0 Å². The molecule has 3 N–H and O–H groups in total. The van der Waals surface area contributed by atoms with E-state index in [0.717, 1.165) is 0 Å². The van der Waals surface area contributed by atoms with Gasteiger partial charge in [-0.3, -0.25) is 4.79 Å². The van der Waals surface area contributed by atoms with Crippen molar-refractivity contribution in [2.45, 2.75) is 13.0 Å². The Morgan fingerprint density at radius 3 is 2.79 bits per heavy atom. The predicted octanol–water partition coefficient (Wildman–Crippen LogP) is 1.07. The standard InChI is InChI=1S/C13H18FN3O2/c1-9(13(18)17-4-6-19-7-5-17)16-12-3-2-10(15)8-11(12)14/h2-3,8-9,16H,4-7,15H2,1H3. The van der Waals surface area contributed by atoms with E-state index in [1.807, 2.05) is 0 Å². The van der Waals surface area contributed by atoms with Crippen molar-refractivity contribution in [1.29, 1.82) is 0 Å². The molecule has 6 heteroatoms. The molecule has 0 spiro atoms. The largest absolute Gasteiger partial charge is 0.399 e. The van der Waals surface area contributed by atoms with Crippen LogP contribution in [0, 0.1) is 5.82 Å². The summed E-state index contributed by atoms with van der Waals surface area (Å²) in [6, 6.07) is 3.87. The van der Waals surface area contributed by atoms with Crippen LogP contribution in [-0.4, -0.2) is 43.2 Å². The monoisotopic (exact) mass is 267 g/mol. The number of hydrogen-bond donors (Lipinski definition) is 2. The summed E-state index contributed by atoms with van der Waals surface area (Å²) in [5.74, 6) is -0.513. The van der Waals surface area contributed by atoms with Crippen molar-refractivity contribution in [2.75, 3.05) is 37.4 Å². The molecule has 1 aromatic carbocycles. The molecule has 5 nitrogen and oxygen atoms in total. The maximum Gasteiger partial charge on any atom is 0.244 e. The lowest BCUT2D eigenvalue weighted by molar-refractivity contribution is -0.135.